The summed E-state index contributed by atoms with van der Waals surface area (Å²) in [5, 5.41) is 3.67. The van der Waals surface area contributed by atoms with Crippen molar-refractivity contribution in [1.29, 1.82) is 0 Å². The number of nitrogens with one attached hydrogen (secondary N) is 1. The van der Waals surface area contributed by atoms with Crippen molar-refractivity contribution >= 4 is 33.4 Å². The highest BCUT2D eigenvalue weighted by Gasteiger charge is 2.12. The number of hydrogen-bond donors (Lipinski definition) is 1. The van der Waals surface area contributed by atoms with Gasteiger partial charge in [-0.1, -0.05) is 11.6 Å². The third-order valence-corrected chi connectivity index (χ3v) is 3.65. The van der Waals surface area contributed by atoms with E-state index in [0.717, 1.165) is 24.0 Å². The molecule has 17 heavy (non-hydrogen) atoms. The van der Waals surface area contributed by atoms with Crippen molar-refractivity contribution in [2.75, 3.05) is 27.2 Å². The minimum Gasteiger partial charge on any atom is -0.342 e. The molecule has 0 spiro atoms. The first kappa shape index (κ1) is 14.5. The van der Waals surface area contributed by atoms with Crippen LogP contribution >= 0.6 is 27.5 Å². The molecule has 1 rings (SSSR count). The van der Waals surface area contributed by atoms with Crippen LogP contribution in [0.3, 0.4) is 0 Å². The molecule has 0 aliphatic heterocycles. The summed E-state index contributed by atoms with van der Waals surface area (Å²) in [6, 6.07) is 5.21. The molecule has 0 unspecified atom stereocenters. The lowest BCUT2D eigenvalue weighted by molar-refractivity contribution is 0.0793. The van der Waals surface area contributed by atoms with E-state index in [9.17, 15) is 4.79 Å². The monoisotopic (exact) mass is 318 g/mol. The third-order valence-electron chi connectivity index (χ3n) is 2.43. The van der Waals surface area contributed by atoms with E-state index in [2.05, 4.69) is 21.2 Å². The van der Waals surface area contributed by atoms with Gasteiger partial charge in [0.05, 0.1) is 5.02 Å². The van der Waals surface area contributed by atoms with Crippen molar-refractivity contribution in [3.8, 4) is 0 Å². The van der Waals surface area contributed by atoms with Crippen molar-refractivity contribution in [2.24, 2.45) is 0 Å². The predicted octanol–water partition coefficient (Wildman–Crippen LogP) is 2.78. The normalized spacial score (nSPS) is 10.4. The summed E-state index contributed by atoms with van der Waals surface area (Å²) in [6.45, 7) is 1.64. The van der Waals surface area contributed by atoms with Gasteiger partial charge >= 0.3 is 0 Å². The average molecular weight is 320 g/mol. The molecule has 1 aromatic rings. The van der Waals surface area contributed by atoms with Crippen molar-refractivity contribution in [2.45, 2.75) is 6.42 Å². The largest absolute Gasteiger partial charge is 0.342 e. The van der Waals surface area contributed by atoms with E-state index in [-0.39, 0.29) is 5.91 Å². The summed E-state index contributed by atoms with van der Waals surface area (Å²) in [5.41, 5.74) is 0.647. The van der Waals surface area contributed by atoms with Gasteiger partial charge in [0.1, 0.15) is 0 Å². The molecule has 0 aromatic heterocycles. The van der Waals surface area contributed by atoms with Crippen molar-refractivity contribution in [1.82, 2.24) is 10.2 Å². The van der Waals surface area contributed by atoms with Gasteiger partial charge in [-0.15, -0.1) is 0 Å². The molecule has 3 nitrogen and oxygen atoms in total. The van der Waals surface area contributed by atoms with E-state index >= 15 is 0 Å². The van der Waals surface area contributed by atoms with Gasteiger partial charge in [0.25, 0.3) is 5.91 Å². The number of hydrogen-bond acceptors (Lipinski definition) is 2. The fourth-order valence-electron chi connectivity index (χ4n) is 1.44. The Morgan fingerprint density at radius 1 is 1.53 bits per heavy atom. The number of amides is 1. The number of benzene rings is 1. The van der Waals surface area contributed by atoms with Gasteiger partial charge in [-0.25, -0.2) is 0 Å². The smallest absolute Gasteiger partial charge is 0.253 e. The van der Waals surface area contributed by atoms with Crippen LogP contribution in [0.1, 0.15) is 16.8 Å². The van der Waals surface area contributed by atoms with Crippen LogP contribution < -0.4 is 5.32 Å². The molecule has 1 aromatic carbocycles. The summed E-state index contributed by atoms with van der Waals surface area (Å²) in [6.07, 6.45) is 0.938. The van der Waals surface area contributed by atoms with Gasteiger partial charge in [0.15, 0.2) is 0 Å². The Balaban J connectivity index is 2.65. The number of rotatable bonds is 5. The number of carbonyl (C=O) groups excluding carboxylic acids is 1. The van der Waals surface area contributed by atoms with E-state index < -0.39 is 0 Å². The Hall–Kier alpha value is -0.580. The summed E-state index contributed by atoms with van der Waals surface area (Å²) < 4.78 is 0.744. The number of halogens is 2. The zero-order chi connectivity index (χ0) is 12.8. The fraction of sp³-hybridized carbons (Fsp3) is 0.417. The van der Waals surface area contributed by atoms with Crippen LogP contribution in [0.15, 0.2) is 22.7 Å². The lowest BCUT2D eigenvalue weighted by atomic mass is 10.2. The molecule has 0 atom stereocenters. The highest BCUT2D eigenvalue weighted by atomic mass is 79.9. The van der Waals surface area contributed by atoms with Crippen molar-refractivity contribution < 1.29 is 4.79 Å². The van der Waals surface area contributed by atoms with Gasteiger partial charge in [-0.2, -0.15) is 0 Å². The Morgan fingerprint density at radius 2 is 2.24 bits per heavy atom. The molecular formula is C12H16BrClN2O. The van der Waals surface area contributed by atoms with Crippen LogP contribution in [0.5, 0.6) is 0 Å². The second-order valence-electron chi connectivity index (χ2n) is 3.81. The highest BCUT2D eigenvalue weighted by Crippen LogP contribution is 2.23. The Bertz CT molecular complexity index is 398. The Kier molecular flexibility index (Phi) is 5.95. The molecule has 0 bridgehead atoms. The second-order valence-corrected chi connectivity index (χ2v) is 5.07. The van der Waals surface area contributed by atoms with Gasteiger partial charge in [0, 0.05) is 23.6 Å². The van der Waals surface area contributed by atoms with Gasteiger partial charge in [0.2, 0.25) is 0 Å². The van der Waals surface area contributed by atoms with E-state index in [1.54, 1.807) is 30.1 Å². The maximum absolute atomic E-state index is 12.0. The van der Waals surface area contributed by atoms with Crippen molar-refractivity contribution in [3.63, 3.8) is 0 Å². The molecule has 94 valence electrons. The maximum atomic E-state index is 12.0. The minimum absolute atomic E-state index is 0.0125. The molecule has 1 N–H and O–H groups in total. The summed E-state index contributed by atoms with van der Waals surface area (Å²) in [5.74, 6) is 0.0125. The fourth-order valence-corrected chi connectivity index (χ4v) is 1.94. The van der Waals surface area contributed by atoms with E-state index in [4.69, 9.17) is 11.6 Å². The first-order chi connectivity index (χ1) is 8.06. The lowest BCUT2D eigenvalue weighted by Gasteiger charge is -2.17. The number of carbonyl (C=O) groups is 1. The highest BCUT2D eigenvalue weighted by molar-refractivity contribution is 9.10. The van der Waals surface area contributed by atoms with Crippen LogP contribution in [0.25, 0.3) is 0 Å². The van der Waals surface area contributed by atoms with Crippen molar-refractivity contribution in [3.05, 3.63) is 33.3 Å². The molecule has 0 saturated heterocycles. The molecule has 0 radical (unpaired) electrons. The number of nitrogens with zero attached hydrogens (tertiary/aromatic N) is 1. The van der Waals surface area contributed by atoms with Gasteiger partial charge < -0.3 is 10.2 Å². The average Bonchev–Trinajstić information content (AvgIpc) is 2.32. The topological polar surface area (TPSA) is 32.3 Å². The van der Waals surface area contributed by atoms with E-state index in [1.165, 1.54) is 0 Å². The zero-order valence-electron chi connectivity index (χ0n) is 9.96. The quantitative estimate of drug-likeness (QED) is 0.847. The molecule has 0 aliphatic rings. The molecule has 1 amide bonds. The molecular weight excluding hydrogens is 304 g/mol. The zero-order valence-corrected chi connectivity index (χ0v) is 12.3. The van der Waals surface area contributed by atoms with E-state index in [0.29, 0.717) is 10.6 Å². The summed E-state index contributed by atoms with van der Waals surface area (Å²) in [4.78, 5) is 13.8. The van der Waals surface area contributed by atoms with Gasteiger partial charge in [-0.3, -0.25) is 4.79 Å². The molecule has 0 fully saturated rings. The van der Waals surface area contributed by atoms with E-state index in [1.807, 2.05) is 7.05 Å². The molecule has 0 heterocycles. The van der Waals surface area contributed by atoms with Crippen LogP contribution in [0.2, 0.25) is 5.02 Å². The first-order valence-electron chi connectivity index (χ1n) is 5.41. The Morgan fingerprint density at radius 3 is 2.82 bits per heavy atom. The second kappa shape index (κ2) is 6.99. The first-order valence-corrected chi connectivity index (χ1v) is 6.58. The van der Waals surface area contributed by atoms with Crippen LogP contribution in [0, 0.1) is 0 Å². The minimum atomic E-state index is 0.0125. The van der Waals surface area contributed by atoms with Crippen LogP contribution in [-0.4, -0.2) is 38.0 Å². The lowest BCUT2D eigenvalue weighted by Crippen LogP contribution is -2.29. The molecule has 0 aliphatic carbocycles. The Labute approximate surface area is 115 Å². The third kappa shape index (κ3) is 4.30. The predicted molar refractivity (Wildman–Crippen MR) is 74.7 cm³/mol. The molecule has 0 saturated carbocycles. The standard InChI is InChI=1S/C12H16BrClN2O/c1-15-6-3-7-16(2)12(17)9-4-5-11(14)10(13)8-9/h4-5,8,15H,3,6-7H2,1-2H3. The molecule has 5 heteroatoms. The maximum Gasteiger partial charge on any atom is 0.253 e. The summed E-state index contributed by atoms with van der Waals surface area (Å²) >= 11 is 9.20. The summed E-state index contributed by atoms with van der Waals surface area (Å²) in [7, 11) is 3.71. The SMILES string of the molecule is CNCCCN(C)C(=O)c1ccc(Cl)c(Br)c1. The van der Waals surface area contributed by atoms with Gasteiger partial charge in [-0.05, 0) is 54.1 Å². The van der Waals surface area contributed by atoms with Crippen LogP contribution in [0.4, 0.5) is 0 Å². The van der Waals surface area contributed by atoms with Crippen LogP contribution in [-0.2, 0) is 0 Å².